The Balaban J connectivity index is 0.00000306. The molecule has 2 amide bonds. The third-order valence-electron chi connectivity index (χ3n) is 7.04. The van der Waals surface area contributed by atoms with Gasteiger partial charge in [-0.2, -0.15) is 0 Å². The van der Waals surface area contributed by atoms with E-state index in [2.05, 4.69) is 6.07 Å². The van der Waals surface area contributed by atoms with Crippen LogP contribution in [0.3, 0.4) is 0 Å². The number of hydrogen-bond donors (Lipinski definition) is 1. The van der Waals surface area contributed by atoms with Crippen molar-refractivity contribution >= 4 is 41.7 Å². The van der Waals surface area contributed by atoms with Crippen molar-refractivity contribution in [1.29, 1.82) is 0 Å². The Hall–Kier alpha value is -2.28. The zero-order valence-corrected chi connectivity index (χ0v) is 20.4. The van der Waals surface area contributed by atoms with Gasteiger partial charge in [-0.05, 0) is 74.1 Å². The van der Waals surface area contributed by atoms with E-state index in [1.54, 1.807) is 12.1 Å². The van der Waals surface area contributed by atoms with Crippen LogP contribution in [0.1, 0.15) is 48.0 Å². The van der Waals surface area contributed by atoms with Crippen molar-refractivity contribution in [3.8, 4) is 0 Å². The summed E-state index contributed by atoms with van der Waals surface area (Å²) in [6.45, 7) is 2.02. The Morgan fingerprint density at radius 1 is 1.15 bits per heavy atom. The van der Waals surface area contributed by atoms with Crippen molar-refractivity contribution in [3.63, 3.8) is 0 Å². The number of halogens is 2. The number of amides is 2. The van der Waals surface area contributed by atoms with Crippen LogP contribution in [0.2, 0.25) is 5.02 Å². The molecule has 0 unspecified atom stereocenters. The molecular weight excluding hydrogens is 461 g/mol. The summed E-state index contributed by atoms with van der Waals surface area (Å²) < 4.78 is 4.76. The second kappa shape index (κ2) is 10.8. The highest BCUT2D eigenvalue weighted by Crippen LogP contribution is 2.41. The van der Waals surface area contributed by atoms with Crippen LogP contribution >= 0.6 is 24.0 Å². The van der Waals surface area contributed by atoms with Crippen molar-refractivity contribution in [1.82, 2.24) is 4.90 Å². The number of anilines is 1. The lowest BCUT2D eigenvalue weighted by atomic mass is 9.68. The molecular formula is C25H31Cl2N3O3. The van der Waals surface area contributed by atoms with Crippen LogP contribution in [0.25, 0.3) is 0 Å². The Labute approximate surface area is 206 Å². The number of hydrogen-bond acceptors (Lipinski definition) is 4. The Bertz CT molecular complexity index is 975. The molecule has 0 aromatic heterocycles. The lowest BCUT2D eigenvalue weighted by Crippen LogP contribution is -2.55. The number of carbonyl (C=O) groups is 2. The van der Waals surface area contributed by atoms with Gasteiger partial charge < -0.3 is 15.4 Å². The van der Waals surface area contributed by atoms with Gasteiger partial charge in [0.05, 0.1) is 12.7 Å². The maximum Gasteiger partial charge on any atom is 0.337 e. The predicted molar refractivity (Wildman–Crippen MR) is 134 cm³/mol. The number of methoxy groups -OCH3 is 1. The Morgan fingerprint density at radius 2 is 1.85 bits per heavy atom. The van der Waals surface area contributed by atoms with Crippen molar-refractivity contribution in [3.05, 3.63) is 64.7 Å². The van der Waals surface area contributed by atoms with Gasteiger partial charge in [0.25, 0.3) is 0 Å². The molecule has 2 N–H and O–H groups in total. The fourth-order valence-electron chi connectivity index (χ4n) is 5.11. The summed E-state index contributed by atoms with van der Waals surface area (Å²) in [4.78, 5) is 28.9. The maximum absolute atomic E-state index is 13.4. The summed E-state index contributed by atoms with van der Waals surface area (Å²) in [7, 11) is 1.36. The summed E-state index contributed by atoms with van der Waals surface area (Å²) in [6.07, 6.45) is 4.63. The number of carbonyl (C=O) groups excluding carboxylic acids is 2. The molecule has 4 rings (SSSR count). The van der Waals surface area contributed by atoms with E-state index in [4.69, 9.17) is 22.1 Å². The monoisotopic (exact) mass is 491 g/mol. The first-order valence-electron chi connectivity index (χ1n) is 11.2. The van der Waals surface area contributed by atoms with E-state index in [-0.39, 0.29) is 35.9 Å². The van der Waals surface area contributed by atoms with Crippen molar-refractivity contribution in [2.45, 2.75) is 43.6 Å². The third-order valence-corrected chi connectivity index (χ3v) is 7.27. The van der Waals surface area contributed by atoms with E-state index in [1.165, 1.54) is 12.7 Å². The average Bonchev–Trinajstić information content (AvgIpc) is 2.84. The van der Waals surface area contributed by atoms with Gasteiger partial charge in [-0.25, -0.2) is 9.59 Å². The minimum atomic E-state index is -0.381. The van der Waals surface area contributed by atoms with Gasteiger partial charge in [0.15, 0.2) is 0 Å². The van der Waals surface area contributed by atoms with Crippen LogP contribution in [0.15, 0.2) is 48.5 Å². The van der Waals surface area contributed by atoms with Crippen LogP contribution in [0.4, 0.5) is 10.5 Å². The molecule has 2 fully saturated rings. The molecule has 0 bridgehead atoms. The summed E-state index contributed by atoms with van der Waals surface area (Å²) >= 11 is 6.24. The molecule has 1 aliphatic carbocycles. The number of rotatable bonds is 5. The second-order valence-electron chi connectivity index (χ2n) is 8.75. The maximum atomic E-state index is 13.4. The molecule has 2 aromatic carbocycles. The molecule has 6 nitrogen and oxygen atoms in total. The first-order chi connectivity index (χ1) is 15.5. The number of esters is 1. The quantitative estimate of drug-likeness (QED) is 0.595. The number of ether oxygens (including phenoxy) is 1. The molecule has 0 spiro atoms. The van der Waals surface area contributed by atoms with Crippen LogP contribution < -0.4 is 10.6 Å². The van der Waals surface area contributed by atoms with Crippen molar-refractivity contribution in [2.24, 2.45) is 5.73 Å². The van der Waals surface area contributed by atoms with Crippen molar-refractivity contribution in [2.75, 3.05) is 31.6 Å². The van der Waals surface area contributed by atoms with Gasteiger partial charge in [-0.15, -0.1) is 12.4 Å². The Kier molecular flexibility index (Phi) is 8.27. The minimum Gasteiger partial charge on any atom is -0.465 e. The topological polar surface area (TPSA) is 75.9 Å². The van der Waals surface area contributed by atoms with E-state index < -0.39 is 0 Å². The van der Waals surface area contributed by atoms with Crippen LogP contribution in [-0.2, 0) is 10.2 Å². The molecule has 178 valence electrons. The first-order valence-corrected chi connectivity index (χ1v) is 11.6. The van der Waals surface area contributed by atoms with E-state index in [9.17, 15) is 9.59 Å². The second-order valence-corrected chi connectivity index (χ2v) is 9.18. The highest BCUT2D eigenvalue weighted by molar-refractivity contribution is 6.30. The third kappa shape index (κ3) is 5.13. The molecule has 1 heterocycles. The summed E-state index contributed by atoms with van der Waals surface area (Å²) in [6, 6.07) is 15.3. The molecule has 1 aliphatic heterocycles. The molecule has 8 heteroatoms. The summed E-state index contributed by atoms with van der Waals surface area (Å²) in [5.74, 6) is -0.381. The molecule has 0 radical (unpaired) electrons. The number of urea groups is 1. The van der Waals surface area contributed by atoms with Crippen molar-refractivity contribution < 1.29 is 14.3 Å². The average molecular weight is 492 g/mol. The lowest BCUT2D eigenvalue weighted by molar-refractivity contribution is 0.0600. The molecule has 33 heavy (non-hydrogen) atoms. The van der Waals surface area contributed by atoms with E-state index in [1.807, 2.05) is 40.1 Å². The predicted octanol–water partition coefficient (Wildman–Crippen LogP) is 5.02. The van der Waals surface area contributed by atoms with Gasteiger partial charge in [0.1, 0.15) is 0 Å². The fourth-order valence-corrected chi connectivity index (χ4v) is 5.31. The highest BCUT2D eigenvalue weighted by Gasteiger charge is 2.40. The van der Waals surface area contributed by atoms with Crippen LogP contribution in [0.5, 0.6) is 0 Å². The summed E-state index contributed by atoms with van der Waals surface area (Å²) in [5, 5.41) is 0.734. The van der Waals surface area contributed by atoms with Gasteiger partial charge in [0, 0.05) is 41.8 Å². The number of benzene rings is 2. The smallest absolute Gasteiger partial charge is 0.337 e. The van der Waals surface area contributed by atoms with E-state index in [0.29, 0.717) is 18.7 Å². The molecule has 1 saturated carbocycles. The fraction of sp³-hybridized carbons (Fsp3) is 0.440. The van der Waals surface area contributed by atoms with E-state index in [0.717, 1.165) is 49.4 Å². The standard InChI is InChI=1S/C25H30ClN3O3.ClH/c1-32-23(30)18-6-8-21(9-7-18)28-14-3-15-29(24(28)31)22-10-12-25(17-27,13-11-22)19-4-2-5-20(26)16-19;/h2,4-9,16,22H,3,10-15,17,27H2,1H3;1H. The zero-order chi connectivity index (χ0) is 22.7. The normalized spacial score (nSPS) is 23.1. The highest BCUT2D eigenvalue weighted by atomic mass is 35.5. The number of nitrogens with zero attached hydrogens (tertiary/aromatic N) is 2. The molecule has 0 atom stereocenters. The minimum absolute atomic E-state index is 0. The Morgan fingerprint density at radius 3 is 2.45 bits per heavy atom. The van der Waals surface area contributed by atoms with Crippen LogP contribution in [-0.4, -0.2) is 49.7 Å². The SMILES string of the molecule is COC(=O)c1ccc(N2CCCN(C3CCC(CN)(c4cccc(Cl)c4)CC3)C2=O)cc1.Cl. The zero-order valence-electron chi connectivity index (χ0n) is 18.8. The molecule has 2 aliphatic rings. The molecule has 2 aromatic rings. The van der Waals surface area contributed by atoms with E-state index >= 15 is 0 Å². The summed E-state index contributed by atoms with van der Waals surface area (Å²) in [5.41, 5.74) is 8.65. The number of nitrogens with two attached hydrogens (primary N) is 1. The van der Waals surface area contributed by atoms with Gasteiger partial charge >= 0.3 is 12.0 Å². The van der Waals surface area contributed by atoms with Gasteiger partial charge in [-0.1, -0.05) is 23.7 Å². The molecule has 1 saturated heterocycles. The van der Waals surface area contributed by atoms with Crippen LogP contribution in [0, 0.1) is 0 Å². The lowest BCUT2D eigenvalue weighted by Gasteiger charge is -2.46. The largest absolute Gasteiger partial charge is 0.465 e. The van der Waals surface area contributed by atoms with Gasteiger partial charge in [0.2, 0.25) is 0 Å². The first kappa shape index (κ1) is 25.3. The van der Waals surface area contributed by atoms with Gasteiger partial charge in [-0.3, -0.25) is 4.90 Å².